The third-order valence-corrected chi connectivity index (χ3v) is 4.78. The second-order valence-corrected chi connectivity index (χ2v) is 7.34. The second-order valence-electron chi connectivity index (χ2n) is 5.57. The zero-order valence-corrected chi connectivity index (χ0v) is 16.6. The van der Waals surface area contributed by atoms with Crippen LogP contribution in [0.15, 0.2) is 57.5 Å². The summed E-state index contributed by atoms with van der Waals surface area (Å²) in [5.41, 5.74) is 1.62. The van der Waals surface area contributed by atoms with E-state index < -0.39 is 0 Å². The number of benzene rings is 2. The lowest BCUT2D eigenvalue weighted by molar-refractivity contribution is -0.119. The standard InChI is InChI=1S/C19H15Br2NO3/c1-2-3-12-10-13(20)11-16(21)19(12)25-15-6-4-14(5-7-15)22-17(23)8-9-18(22)24/h4-11H,2-3H2,1H3. The van der Waals surface area contributed by atoms with Crippen molar-refractivity contribution in [3.8, 4) is 11.5 Å². The van der Waals surface area contributed by atoms with Gasteiger partial charge in [0.1, 0.15) is 11.5 Å². The molecule has 25 heavy (non-hydrogen) atoms. The van der Waals surface area contributed by atoms with E-state index in [1.807, 2.05) is 12.1 Å². The lowest BCUT2D eigenvalue weighted by Gasteiger charge is -2.16. The first kappa shape index (κ1) is 17.9. The highest BCUT2D eigenvalue weighted by atomic mass is 79.9. The molecule has 128 valence electrons. The summed E-state index contributed by atoms with van der Waals surface area (Å²) >= 11 is 7.05. The number of rotatable bonds is 5. The monoisotopic (exact) mass is 463 g/mol. The maximum absolute atomic E-state index is 11.7. The van der Waals surface area contributed by atoms with Crippen molar-refractivity contribution in [3.05, 3.63) is 63.1 Å². The number of hydrogen-bond donors (Lipinski definition) is 0. The molecule has 1 heterocycles. The quantitative estimate of drug-likeness (QED) is 0.557. The van der Waals surface area contributed by atoms with Crippen LogP contribution in [-0.4, -0.2) is 11.8 Å². The summed E-state index contributed by atoms with van der Waals surface area (Å²) in [6.45, 7) is 2.12. The van der Waals surface area contributed by atoms with Crippen molar-refractivity contribution in [2.75, 3.05) is 4.90 Å². The number of imide groups is 1. The van der Waals surface area contributed by atoms with Gasteiger partial charge in [0.05, 0.1) is 10.2 Å². The van der Waals surface area contributed by atoms with Crippen LogP contribution in [-0.2, 0) is 16.0 Å². The van der Waals surface area contributed by atoms with Gasteiger partial charge in [-0.3, -0.25) is 9.59 Å². The summed E-state index contributed by atoms with van der Waals surface area (Å²) in [4.78, 5) is 24.6. The van der Waals surface area contributed by atoms with Gasteiger partial charge in [-0.15, -0.1) is 0 Å². The minimum absolute atomic E-state index is 0.334. The minimum atomic E-state index is -0.334. The van der Waals surface area contributed by atoms with Gasteiger partial charge in [-0.2, -0.15) is 0 Å². The molecule has 2 amide bonds. The Hall–Kier alpha value is -1.92. The Morgan fingerprint density at radius 1 is 1.00 bits per heavy atom. The topological polar surface area (TPSA) is 46.6 Å². The number of aryl methyl sites for hydroxylation is 1. The van der Waals surface area contributed by atoms with Gasteiger partial charge in [-0.1, -0.05) is 29.3 Å². The molecular weight excluding hydrogens is 450 g/mol. The maximum atomic E-state index is 11.7. The number of amides is 2. The summed E-state index contributed by atoms with van der Waals surface area (Å²) in [6.07, 6.45) is 4.43. The number of carbonyl (C=O) groups is 2. The number of anilines is 1. The molecule has 2 aromatic rings. The predicted molar refractivity (Wildman–Crippen MR) is 104 cm³/mol. The molecule has 1 aliphatic heterocycles. The molecule has 0 atom stereocenters. The van der Waals surface area contributed by atoms with Gasteiger partial charge < -0.3 is 4.74 Å². The van der Waals surface area contributed by atoms with Crippen molar-refractivity contribution in [2.24, 2.45) is 0 Å². The van der Waals surface area contributed by atoms with E-state index in [0.717, 1.165) is 38.0 Å². The van der Waals surface area contributed by atoms with E-state index in [-0.39, 0.29) is 11.8 Å². The summed E-state index contributed by atoms with van der Waals surface area (Å²) in [5, 5.41) is 0. The van der Waals surface area contributed by atoms with Crippen LogP contribution in [0.3, 0.4) is 0 Å². The molecule has 1 aliphatic rings. The zero-order valence-electron chi connectivity index (χ0n) is 13.5. The van der Waals surface area contributed by atoms with Gasteiger partial charge in [-0.25, -0.2) is 4.90 Å². The Labute approximate surface area is 162 Å². The Morgan fingerprint density at radius 3 is 2.24 bits per heavy atom. The molecule has 4 nitrogen and oxygen atoms in total. The van der Waals surface area contributed by atoms with Crippen molar-refractivity contribution in [1.29, 1.82) is 0 Å². The van der Waals surface area contributed by atoms with Crippen molar-refractivity contribution in [2.45, 2.75) is 19.8 Å². The van der Waals surface area contributed by atoms with E-state index in [9.17, 15) is 9.59 Å². The van der Waals surface area contributed by atoms with E-state index in [1.165, 1.54) is 12.2 Å². The Morgan fingerprint density at radius 2 is 1.64 bits per heavy atom. The molecule has 3 rings (SSSR count). The molecule has 0 aromatic heterocycles. The summed E-state index contributed by atoms with van der Waals surface area (Å²) in [7, 11) is 0. The predicted octanol–water partition coefficient (Wildman–Crippen LogP) is 5.39. The normalized spacial score (nSPS) is 13.6. The van der Waals surface area contributed by atoms with Gasteiger partial charge in [-0.05, 0) is 64.3 Å². The van der Waals surface area contributed by atoms with E-state index in [1.54, 1.807) is 24.3 Å². The smallest absolute Gasteiger partial charge is 0.258 e. The largest absolute Gasteiger partial charge is 0.456 e. The number of hydrogen-bond acceptors (Lipinski definition) is 3. The van der Waals surface area contributed by atoms with Crippen molar-refractivity contribution < 1.29 is 14.3 Å². The molecule has 2 aromatic carbocycles. The first-order valence-electron chi connectivity index (χ1n) is 7.81. The van der Waals surface area contributed by atoms with E-state index in [2.05, 4.69) is 38.8 Å². The van der Waals surface area contributed by atoms with Gasteiger partial charge in [0.2, 0.25) is 0 Å². The molecule has 0 fully saturated rings. The summed E-state index contributed by atoms with van der Waals surface area (Å²) in [6, 6.07) is 10.9. The molecule has 0 N–H and O–H groups in total. The minimum Gasteiger partial charge on any atom is -0.456 e. The van der Waals surface area contributed by atoms with Crippen LogP contribution in [0.25, 0.3) is 0 Å². The molecule has 6 heteroatoms. The third-order valence-electron chi connectivity index (χ3n) is 3.73. The summed E-state index contributed by atoms with van der Waals surface area (Å²) in [5.74, 6) is 0.739. The Balaban J connectivity index is 1.85. The highest BCUT2D eigenvalue weighted by Gasteiger charge is 2.25. The van der Waals surface area contributed by atoms with Gasteiger partial charge in [0.25, 0.3) is 11.8 Å². The first-order chi connectivity index (χ1) is 12.0. The van der Waals surface area contributed by atoms with Crippen LogP contribution < -0.4 is 9.64 Å². The van der Waals surface area contributed by atoms with Crippen LogP contribution >= 0.6 is 31.9 Å². The fourth-order valence-electron chi connectivity index (χ4n) is 2.62. The molecule has 0 spiro atoms. The molecule has 0 bridgehead atoms. The number of carbonyl (C=O) groups excluding carboxylic acids is 2. The fourth-order valence-corrected chi connectivity index (χ4v) is 4.01. The molecular formula is C19H15Br2NO3. The average molecular weight is 465 g/mol. The zero-order chi connectivity index (χ0) is 18.0. The second kappa shape index (κ2) is 7.54. The molecule has 0 saturated heterocycles. The number of ether oxygens (including phenoxy) is 1. The molecule has 0 aliphatic carbocycles. The van der Waals surface area contributed by atoms with Crippen LogP contribution in [0.4, 0.5) is 5.69 Å². The molecule has 0 radical (unpaired) electrons. The van der Waals surface area contributed by atoms with Crippen LogP contribution in [0.5, 0.6) is 11.5 Å². The lowest BCUT2D eigenvalue weighted by atomic mass is 10.1. The Bertz CT molecular complexity index is 842. The fraction of sp³-hybridized carbons (Fsp3) is 0.158. The van der Waals surface area contributed by atoms with E-state index in [0.29, 0.717) is 11.4 Å². The van der Waals surface area contributed by atoms with Crippen LogP contribution in [0.2, 0.25) is 0 Å². The van der Waals surface area contributed by atoms with Crippen molar-refractivity contribution in [1.82, 2.24) is 0 Å². The molecule has 0 unspecified atom stereocenters. The highest BCUT2D eigenvalue weighted by Crippen LogP contribution is 2.37. The average Bonchev–Trinajstić information content (AvgIpc) is 2.90. The van der Waals surface area contributed by atoms with E-state index >= 15 is 0 Å². The van der Waals surface area contributed by atoms with E-state index in [4.69, 9.17) is 4.74 Å². The SMILES string of the molecule is CCCc1cc(Br)cc(Br)c1Oc1ccc(N2C(=O)C=CC2=O)cc1. The van der Waals surface area contributed by atoms with Crippen LogP contribution in [0, 0.1) is 0 Å². The number of halogens is 2. The highest BCUT2D eigenvalue weighted by molar-refractivity contribution is 9.11. The Kier molecular flexibility index (Phi) is 5.39. The first-order valence-corrected chi connectivity index (χ1v) is 9.40. The summed E-state index contributed by atoms with van der Waals surface area (Å²) < 4.78 is 7.90. The van der Waals surface area contributed by atoms with Crippen molar-refractivity contribution in [3.63, 3.8) is 0 Å². The van der Waals surface area contributed by atoms with Crippen LogP contribution in [0.1, 0.15) is 18.9 Å². The lowest BCUT2D eigenvalue weighted by Crippen LogP contribution is -2.29. The van der Waals surface area contributed by atoms with Gasteiger partial charge in [0.15, 0.2) is 0 Å². The molecule has 0 saturated carbocycles. The third kappa shape index (κ3) is 3.85. The maximum Gasteiger partial charge on any atom is 0.258 e. The number of nitrogens with zero attached hydrogens (tertiary/aromatic N) is 1. The van der Waals surface area contributed by atoms with Gasteiger partial charge in [0, 0.05) is 16.6 Å². The van der Waals surface area contributed by atoms with Crippen molar-refractivity contribution >= 4 is 49.4 Å². The van der Waals surface area contributed by atoms with Gasteiger partial charge >= 0.3 is 0 Å².